The van der Waals surface area contributed by atoms with E-state index in [1.54, 1.807) is 0 Å². The average molecular weight is 227 g/mol. The second-order valence-corrected chi connectivity index (χ2v) is 5.13. The first kappa shape index (κ1) is 10.7. The van der Waals surface area contributed by atoms with Gasteiger partial charge in [-0.25, -0.2) is 0 Å². The molecule has 0 aromatic rings. The van der Waals surface area contributed by atoms with Crippen molar-refractivity contribution < 1.29 is 9.53 Å². The minimum absolute atomic E-state index is 0.00265. The maximum atomic E-state index is 11.8. The molecule has 0 amide bonds. The van der Waals surface area contributed by atoms with E-state index in [0.717, 1.165) is 17.6 Å². The summed E-state index contributed by atoms with van der Waals surface area (Å²) in [7, 11) is 0. The van der Waals surface area contributed by atoms with Crippen LogP contribution in [0.2, 0.25) is 0 Å². The fraction of sp³-hybridized carbons (Fsp3) is 0.583. The van der Waals surface area contributed by atoms with Crippen molar-refractivity contribution in [1.29, 1.82) is 0 Å². The number of hydrogen-bond acceptors (Lipinski definition) is 2. The Morgan fingerprint density at radius 3 is 3.00 bits per heavy atom. The zero-order valence-electron chi connectivity index (χ0n) is 9.05. The van der Waals surface area contributed by atoms with Gasteiger partial charge in [0.05, 0.1) is 0 Å². The van der Waals surface area contributed by atoms with Gasteiger partial charge in [0, 0.05) is 11.8 Å². The smallest absolute Gasteiger partial charge is 0.328 e. The fourth-order valence-corrected chi connectivity index (χ4v) is 3.12. The monoisotopic (exact) mass is 226 g/mol. The van der Waals surface area contributed by atoms with Crippen molar-refractivity contribution in [2.24, 2.45) is 11.8 Å². The van der Waals surface area contributed by atoms with Crippen LogP contribution < -0.4 is 0 Å². The van der Waals surface area contributed by atoms with Crippen molar-refractivity contribution in [3.8, 4) is 0 Å². The van der Waals surface area contributed by atoms with Crippen LogP contribution in [0, 0.1) is 11.8 Å². The van der Waals surface area contributed by atoms with Gasteiger partial charge >= 0.3 is 5.97 Å². The first-order valence-electron chi connectivity index (χ1n) is 5.16. The topological polar surface area (TPSA) is 26.3 Å². The second kappa shape index (κ2) is 3.38. The van der Waals surface area contributed by atoms with Gasteiger partial charge in [-0.15, -0.1) is 11.6 Å². The Bertz CT molecular complexity index is 359. The molecule has 2 aliphatic rings. The summed E-state index contributed by atoms with van der Waals surface area (Å²) in [5.74, 6) is -0.264. The average Bonchev–Trinajstić information content (AvgIpc) is 2.44. The molecule has 2 rings (SSSR count). The van der Waals surface area contributed by atoms with Gasteiger partial charge in [-0.2, -0.15) is 0 Å². The number of halogens is 1. The molecule has 0 saturated carbocycles. The number of carbonyl (C=O) groups is 1. The first-order chi connectivity index (χ1) is 6.98. The van der Waals surface area contributed by atoms with E-state index in [-0.39, 0.29) is 17.8 Å². The third-order valence-electron chi connectivity index (χ3n) is 3.53. The van der Waals surface area contributed by atoms with Gasteiger partial charge in [0.15, 0.2) is 4.87 Å². The predicted molar refractivity (Wildman–Crippen MR) is 59.7 cm³/mol. The van der Waals surface area contributed by atoms with Crippen LogP contribution in [0.5, 0.6) is 0 Å². The number of allylic oxidation sites excluding steroid dienone is 2. The zero-order chi connectivity index (χ0) is 11.2. The van der Waals surface area contributed by atoms with Crippen LogP contribution in [0.15, 0.2) is 23.8 Å². The molecular weight excluding hydrogens is 212 g/mol. The Labute approximate surface area is 94.9 Å². The van der Waals surface area contributed by atoms with Gasteiger partial charge in [0.2, 0.25) is 0 Å². The number of cyclic esters (lactones) is 1. The molecule has 2 nitrogen and oxygen atoms in total. The highest BCUT2D eigenvalue weighted by Crippen LogP contribution is 2.50. The van der Waals surface area contributed by atoms with E-state index in [4.69, 9.17) is 16.3 Å². The summed E-state index contributed by atoms with van der Waals surface area (Å²) in [6, 6.07) is 0. The number of hydrogen-bond donors (Lipinski definition) is 0. The maximum Gasteiger partial charge on any atom is 0.328 e. The third-order valence-corrected chi connectivity index (χ3v) is 4.21. The van der Waals surface area contributed by atoms with Gasteiger partial charge in [0.25, 0.3) is 0 Å². The normalized spacial score (nSPS) is 39.4. The number of alkyl halides is 1. The minimum Gasteiger partial charge on any atom is -0.464 e. The molecule has 0 unspecified atom stereocenters. The van der Waals surface area contributed by atoms with Gasteiger partial charge in [-0.05, 0) is 20.3 Å². The molecule has 1 fully saturated rings. The zero-order valence-corrected chi connectivity index (χ0v) is 9.80. The van der Waals surface area contributed by atoms with E-state index >= 15 is 0 Å². The lowest BCUT2D eigenvalue weighted by atomic mass is 9.70. The van der Waals surface area contributed by atoms with Crippen LogP contribution in [0.1, 0.15) is 20.3 Å². The summed E-state index contributed by atoms with van der Waals surface area (Å²) < 4.78 is 5.10. The number of rotatable bonds is 1. The molecule has 0 aromatic carbocycles. The van der Waals surface area contributed by atoms with Crippen LogP contribution in [-0.4, -0.2) is 17.5 Å². The summed E-state index contributed by atoms with van der Waals surface area (Å²) in [6.07, 6.45) is 2.93. The largest absolute Gasteiger partial charge is 0.464 e. The SMILES string of the molecule is C=C(C)[C@H]1CC=C(C)[C@@H]2COC(=O)[C@]12Cl. The summed E-state index contributed by atoms with van der Waals surface area (Å²) in [5, 5.41) is 0. The highest BCUT2D eigenvalue weighted by Gasteiger charge is 2.58. The third kappa shape index (κ3) is 1.35. The quantitative estimate of drug-likeness (QED) is 0.390. The van der Waals surface area contributed by atoms with Crippen molar-refractivity contribution in [1.82, 2.24) is 0 Å². The second-order valence-electron chi connectivity index (χ2n) is 4.50. The number of carbonyl (C=O) groups excluding carboxylic acids is 1. The molecule has 3 heteroatoms. The highest BCUT2D eigenvalue weighted by molar-refractivity contribution is 6.35. The van der Waals surface area contributed by atoms with Crippen LogP contribution in [0.4, 0.5) is 0 Å². The molecule has 15 heavy (non-hydrogen) atoms. The van der Waals surface area contributed by atoms with Crippen molar-refractivity contribution in [2.45, 2.75) is 25.1 Å². The molecule has 0 aromatic heterocycles. The molecule has 1 aliphatic carbocycles. The molecule has 3 atom stereocenters. The van der Waals surface area contributed by atoms with Gasteiger partial charge < -0.3 is 4.74 Å². The molecule has 1 heterocycles. The van der Waals surface area contributed by atoms with E-state index in [1.807, 2.05) is 13.8 Å². The van der Waals surface area contributed by atoms with Gasteiger partial charge in [-0.1, -0.05) is 23.8 Å². The van der Waals surface area contributed by atoms with Crippen molar-refractivity contribution in [3.63, 3.8) is 0 Å². The minimum atomic E-state index is -0.898. The molecule has 1 aliphatic heterocycles. The van der Waals surface area contributed by atoms with Crippen molar-refractivity contribution in [3.05, 3.63) is 23.8 Å². The Balaban J connectivity index is 2.47. The molecule has 0 radical (unpaired) electrons. The number of fused-ring (bicyclic) bond motifs is 1. The van der Waals surface area contributed by atoms with E-state index in [9.17, 15) is 4.79 Å². The van der Waals surface area contributed by atoms with Crippen molar-refractivity contribution >= 4 is 17.6 Å². The van der Waals surface area contributed by atoms with Crippen LogP contribution >= 0.6 is 11.6 Å². The summed E-state index contributed by atoms with van der Waals surface area (Å²) in [4.78, 5) is 10.9. The predicted octanol–water partition coefficient (Wildman–Crippen LogP) is 2.68. The highest BCUT2D eigenvalue weighted by atomic mass is 35.5. The van der Waals surface area contributed by atoms with Crippen LogP contribution in [0.3, 0.4) is 0 Å². The lowest BCUT2D eigenvalue weighted by Crippen LogP contribution is -2.45. The van der Waals surface area contributed by atoms with E-state index in [1.165, 1.54) is 0 Å². The maximum absolute atomic E-state index is 11.8. The lowest BCUT2D eigenvalue weighted by Gasteiger charge is -2.37. The van der Waals surface area contributed by atoms with Gasteiger partial charge in [0.1, 0.15) is 6.61 Å². The number of ether oxygens (including phenoxy) is 1. The Kier molecular flexibility index (Phi) is 2.42. The Morgan fingerprint density at radius 2 is 2.40 bits per heavy atom. The van der Waals surface area contributed by atoms with Crippen LogP contribution in [0.25, 0.3) is 0 Å². The lowest BCUT2D eigenvalue weighted by molar-refractivity contribution is -0.141. The molecular formula is C12H15ClO2. The summed E-state index contributed by atoms with van der Waals surface area (Å²) >= 11 is 6.50. The fourth-order valence-electron chi connectivity index (χ4n) is 2.56. The summed E-state index contributed by atoms with van der Waals surface area (Å²) in [6.45, 7) is 8.27. The summed E-state index contributed by atoms with van der Waals surface area (Å²) in [5.41, 5.74) is 2.12. The first-order valence-corrected chi connectivity index (χ1v) is 5.54. The standard InChI is InChI=1S/C12H15ClO2/c1-7(2)9-5-4-8(3)10-6-15-11(14)12(9,10)13/h4,9-10H,1,5-6H2,2-3H3/t9-,10+,12+/m1/s1. The molecule has 0 spiro atoms. The van der Waals surface area contributed by atoms with Gasteiger partial charge in [-0.3, -0.25) is 4.79 Å². The molecule has 0 bridgehead atoms. The van der Waals surface area contributed by atoms with E-state index in [2.05, 4.69) is 12.7 Å². The van der Waals surface area contributed by atoms with Crippen LogP contribution in [-0.2, 0) is 9.53 Å². The number of esters is 1. The molecule has 82 valence electrons. The van der Waals surface area contributed by atoms with E-state index < -0.39 is 4.87 Å². The molecule has 0 N–H and O–H groups in total. The Morgan fingerprint density at radius 1 is 1.73 bits per heavy atom. The van der Waals surface area contributed by atoms with E-state index in [0.29, 0.717) is 6.61 Å². The van der Waals surface area contributed by atoms with Crippen molar-refractivity contribution in [2.75, 3.05) is 6.61 Å². The Hall–Kier alpha value is -0.760. The molecule has 1 saturated heterocycles.